The lowest BCUT2D eigenvalue weighted by Crippen LogP contribution is -2.33. The number of ether oxygens (including phenoxy) is 2. The predicted octanol–water partition coefficient (Wildman–Crippen LogP) is 1.02. The molecule has 0 aliphatic heterocycles. The van der Waals surface area contributed by atoms with Crippen LogP contribution in [0.2, 0.25) is 0 Å². The zero-order valence-corrected chi connectivity index (χ0v) is 10.6. The Morgan fingerprint density at radius 3 is 2.78 bits per heavy atom. The minimum absolute atomic E-state index is 0.212. The van der Waals surface area contributed by atoms with Gasteiger partial charge in [-0.3, -0.25) is 4.79 Å². The van der Waals surface area contributed by atoms with Crippen LogP contribution in [0.5, 0.6) is 0 Å². The van der Waals surface area contributed by atoms with Gasteiger partial charge in [-0.05, 0) is 23.8 Å². The van der Waals surface area contributed by atoms with Crippen LogP contribution in [0.1, 0.15) is 5.56 Å². The molecule has 0 spiro atoms. The molecule has 0 atom stereocenters. The van der Waals surface area contributed by atoms with Crippen molar-refractivity contribution in [2.24, 2.45) is 0 Å². The number of carbonyl (C=O) groups is 1. The molecule has 0 saturated heterocycles. The highest BCUT2D eigenvalue weighted by Gasteiger charge is 2.05. The number of nitrogen functional groups attached to an aromatic ring is 1. The molecule has 98 valence electrons. The molecule has 1 amide bonds. The first-order chi connectivity index (χ1) is 8.65. The van der Waals surface area contributed by atoms with Crippen LogP contribution in [0.15, 0.2) is 30.3 Å². The summed E-state index contributed by atoms with van der Waals surface area (Å²) in [5, 5.41) is 2.66. The number of benzene rings is 1. The lowest BCUT2D eigenvalue weighted by Gasteiger charge is -2.12. The minimum Gasteiger partial charge on any atom is -0.399 e. The van der Waals surface area contributed by atoms with E-state index in [0.29, 0.717) is 12.2 Å². The maximum atomic E-state index is 11.5. The molecule has 0 radical (unpaired) electrons. The summed E-state index contributed by atoms with van der Waals surface area (Å²) in [5.74, 6) is -0.212. The summed E-state index contributed by atoms with van der Waals surface area (Å²) in [7, 11) is 3.03. The molecule has 18 heavy (non-hydrogen) atoms. The van der Waals surface area contributed by atoms with Crippen LogP contribution in [0.3, 0.4) is 0 Å². The normalized spacial score (nSPS) is 11.1. The Bertz CT molecular complexity index is 414. The van der Waals surface area contributed by atoms with Gasteiger partial charge in [-0.25, -0.2) is 0 Å². The van der Waals surface area contributed by atoms with E-state index in [1.807, 2.05) is 12.1 Å². The maximum Gasteiger partial charge on any atom is 0.244 e. The van der Waals surface area contributed by atoms with E-state index in [1.165, 1.54) is 20.3 Å². The fourth-order valence-electron chi connectivity index (χ4n) is 1.34. The summed E-state index contributed by atoms with van der Waals surface area (Å²) in [4.78, 5) is 11.5. The van der Waals surface area contributed by atoms with Crippen molar-refractivity contribution in [3.63, 3.8) is 0 Å². The molecule has 0 fully saturated rings. The fourth-order valence-corrected chi connectivity index (χ4v) is 1.34. The van der Waals surface area contributed by atoms with E-state index in [9.17, 15) is 4.79 Å². The second-order valence-electron chi connectivity index (χ2n) is 3.65. The third kappa shape index (κ3) is 4.99. The summed E-state index contributed by atoms with van der Waals surface area (Å²) in [6.45, 7) is 0.299. The maximum absolute atomic E-state index is 11.5. The van der Waals surface area contributed by atoms with Gasteiger partial charge >= 0.3 is 0 Å². The Morgan fingerprint density at radius 1 is 1.44 bits per heavy atom. The standard InChI is InChI=1S/C13H18N2O3/c1-17-13(18-2)9-15-12(16)7-6-10-4-3-5-11(14)8-10/h3-8,13H,9,14H2,1-2H3,(H,15,16)/b7-6+. The summed E-state index contributed by atoms with van der Waals surface area (Å²) < 4.78 is 9.90. The first-order valence-electron chi connectivity index (χ1n) is 5.52. The molecule has 0 saturated carbocycles. The van der Waals surface area contributed by atoms with Crippen molar-refractivity contribution in [3.05, 3.63) is 35.9 Å². The molecule has 1 rings (SSSR count). The van der Waals surface area contributed by atoms with Crippen LogP contribution >= 0.6 is 0 Å². The predicted molar refractivity (Wildman–Crippen MR) is 70.7 cm³/mol. The van der Waals surface area contributed by atoms with Gasteiger partial charge in [0.1, 0.15) is 0 Å². The third-order valence-electron chi connectivity index (χ3n) is 2.31. The van der Waals surface area contributed by atoms with Crippen LogP contribution in [0, 0.1) is 0 Å². The summed E-state index contributed by atoms with van der Waals surface area (Å²) in [6.07, 6.45) is 2.70. The van der Waals surface area contributed by atoms with Gasteiger partial charge in [0.15, 0.2) is 6.29 Å². The molecule has 1 aromatic carbocycles. The number of hydrogen-bond acceptors (Lipinski definition) is 4. The Kier molecular flexibility index (Phi) is 5.90. The van der Waals surface area contributed by atoms with E-state index >= 15 is 0 Å². The highest BCUT2D eigenvalue weighted by Crippen LogP contribution is 2.07. The van der Waals surface area contributed by atoms with Gasteiger partial charge in [-0.15, -0.1) is 0 Å². The lowest BCUT2D eigenvalue weighted by atomic mass is 10.2. The van der Waals surface area contributed by atoms with Gasteiger partial charge in [-0.2, -0.15) is 0 Å². The molecule has 0 aromatic heterocycles. The van der Waals surface area contributed by atoms with Crippen LogP contribution < -0.4 is 11.1 Å². The molecular formula is C13H18N2O3. The summed E-state index contributed by atoms with van der Waals surface area (Å²) >= 11 is 0. The van der Waals surface area contributed by atoms with Gasteiger partial charge in [0, 0.05) is 26.0 Å². The van der Waals surface area contributed by atoms with Crippen molar-refractivity contribution in [3.8, 4) is 0 Å². The van der Waals surface area contributed by atoms with E-state index in [4.69, 9.17) is 15.2 Å². The van der Waals surface area contributed by atoms with E-state index in [2.05, 4.69) is 5.32 Å². The second-order valence-corrected chi connectivity index (χ2v) is 3.65. The Morgan fingerprint density at radius 2 is 2.17 bits per heavy atom. The van der Waals surface area contributed by atoms with Crippen LogP contribution in [-0.2, 0) is 14.3 Å². The average molecular weight is 250 g/mol. The second kappa shape index (κ2) is 7.47. The number of rotatable bonds is 6. The Labute approximate surface area is 107 Å². The van der Waals surface area contributed by atoms with Gasteiger partial charge in [0.05, 0.1) is 6.54 Å². The van der Waals surface area contributed by atoms with Gasteiger partial charge in [0.25, 0.3) is 0 Å². The van der Waals surface area contributed by atoms with Gasteiger partial charge < -0.3 is 20.5 Å². The summed E-state index contributed by atoms with van der Waals surface area (Å²) in [6, 6.07) is 7.28. The van der Waals surface area contributed by atoms with E-state index in [-0.39, 0.29) is 5.91 Å². The Hall–Kier alpha value is -1.85. The number of anilines is 1. The number of nitrogens with two attached hydrogens (primary N) is 1. The zero-order chi connectivity index (χ0) is 13.4. The van der Waals surface area contributed by atoms with E-state index < -0.39 is 6.29 Å². The summed E-state index contributed by atoms with van der Waals surface area (Å²) in [5.41, 5.74) is 7.17. The quantitative estimate of drug-likeness (QED) is 0.449. The molecule has 0 unspecified atom stereocenters. The first kappa shape index (κ1) is 14.2. The fraction of sp³-hybridized carbons (Fsp3) is 0.308. The number of hydrogen-bond donors (Lipinski definition) is 2. The highest BCUT2D eigenvalue weighted by molar-refractivity contribution is 5.91. The molecule has 0 aliphatic rings. The Balaban J connectivity index is 2.45. The SMILES string of the molecule is COC(CNC(=O)/C=C/c1cccc(N)c1)OC. The monoisotopic (exact) mass is 250 g/mol. The molecule has 5 nitrogen and oxygen atoms in total. The van der Waals surface area contributed by atoms with Crippen LogP contribution in [0.25, 0.3) is 6.08 Å². The van der Waals surface area contributed by atoms with Crippen molar-refractivity contribution in [1.82, 2.24) is 5.32 Å². The van der Waals surface area contributed by atoms with Crippen molar-refractivity contribution in [2.75, 3.05) is 26.5 Å². The van der Waals surface area contributed by atoms with Crippen molar-refractivity contribution in [2.45, 2.75) is 6.29 Å². The van der Waals surface area contributed by atoms with Crippen molar-refractivity contribution >= 4 is 17.7 Å². The number of nitrogens with one attached hydrogen (secondary N) is 1. The third-order valence-corrected chi connectivity index (χ3v) is 2.31. The van der Waals surface area contributed by atoms with E-state index in [1.54, 1.807) is 18.2 Å². The molecule has 0 heterocycles. The molecular weight excluding hydrogens is 232 g/mol. The molecule has 0 aliphatic carbocycles. The molecule has 1 aromatic rings. The van der Waals surface area contributed by atoms with Gasteiger partial charge in [-0.1, -0.05) is 12.1 Å². The molecule has 0 bridgehead atoms. The molecule has 5 heteroatoms. The van der Waals surface area contributed by atoms with Crippen LogP contribution in [-0.4, -0.2) is 33.0 Å². The van der Waals surface area contributed by atoms with Crippen molar-refractivity contribution < 1.29 is 14.3 Å². The average Bonchev–Trinajstić information content (AvgIpc) is 2.37. The van der Waals surface area contributed by atoms with Gasteiger partial charge in [0.2, 0.25) is 5.91 Å². The van der Waals surface area contributed by atoms with Crippen molar-refractivity contribution in [1.29, 1.82) is 0 Å². The van der Waals surface area contributed by atoms with E-state index in [0.717, 1.165) is 5.56 Å². The van der Waals surface area contributed by atoms with Crippen LogP contribution in [0.4, 0.5) is 5.69 Å². The lowest BCUT2D eigenvalue weighted by molar-refractivity contribution is -0.123. The zero-order valence-electron chi connectivity index (χ0n) is 10.6. The number of methoxy groups -OCH3 is 2. The smallest absolute Gasteiger partial charge is 0.244 e. The number of amides is 1. The topological polar surface area (TPSA) is 73.6 Å². The number of carbonyl (C=O) groups excluding carboxylic acids is 1. The molecule has 3 N–H and O–H groups in total. The largest absolute Gasteiger partial charge is 0.399 e. The first-order valence-corrected chi connectivity index (χ1v) is 5.52. The highest BCUT2D eigenvalue weighted by atomic mass is 16.7. The minimum atomic E-state index is -0.435.